The summed E-state index contributed by atoms with van der Waals surface area (Å²) in [6.45, 7) is 7.14. The Hall–Kier alpha value is -2.43. The Bertz CT molecular complexity index is 1010. The Morgan fingerprint density at radius 2 is 1.90 bits per heavy atom. The van der Waals surface area contributed by atoms with Crippen LogP contribution in [0.25, 0.3) is 0 Å². The van der Waals surface area contributed by atoms with Gasteiger partial charge in [-0.3, -0.25) is 9.69 Å². The van der Waals surface area contributed by atoms with Crippen molar-refractivity contribution in [3.8, 4) is 11.8 Å². The van der Waals surface area contributed by atoms with E-state index in [0.29, 0.717) is 16.9 Å². The molecule has 0 radical (unpaired) electrons. The smallest absolute Gasteiger partial charge is 0.254 e. The highest BCUT2D eigenvalue weighted by molar-refractivity contribution is 7.81. The minimum Gasteiger partial charge on any atom is -0.488 e. The minimum absolute atomic E-state index is 0.151. The van der Waals surface area contributed by atoms with E-state index in [0.717, 1.165) is 0 Å². The number of benzene rings is 2. The molecule has 2 aromatic carbocycles. The fraction of sp³-hybridized carbons (Fsp3) is 0.333. The zero-order valence-corrected chi connectivity index (χ0v) is 18.1. The Balaban J connectivity index is 2.01. The fourth-order valence-electron chi connectivity index (χ4n) is 3.35. The molecule has 1 aliphatic heterocycles. The summed E-state index contributed by atoms with van der Waals surface area (Å²) < 4.78 is 20.0. The summed E-state index contributed by atoms with van der Waals surface area (Å²) >= 11 is 10.8. The van der Waals surface area contributed by atoms with Crippen LogP contribution in [-0.2, 0) is 4.79 Å². The highest BCUT2D eigenvalue weighted by atomic mass is 35.5. The zero-order valence-electron chi connectivity index (χ0n) is 16.5. The van der Waals surface area contributed by atoms with Gasteiger partial charge in [-0.05, 0) is 58.0 Å². The Morgan fingerprint density at radius 3 is 2.45 bits per heavy atom. The van der Waals surface area contributed by atoms with E-state index in [2.05, 4.69) is 12.6 Å². The number of hydrogen-bond donors (Lipinski definition) is 1. The number of nitrogens with zero attached hydrogens (tertiary/aromatic N) is 3. The number of thiol groups is 1. The molecule has 1 fully saturated rings. The van der Waals surface area contributed by atoms with E-state index in [4.69, 9.17) is 21.6 Å². The van der Waals surface area contributed by atoms with Gasteiger partial charge in [0.25, 0.3) is 5.91 Å². The van der Waals surface area contributed by atoms with Crippen molar-refractivity contribution in [2.75, 3.05) is 9.80 Å². The van der Waals surface area contributed by atoms with Crippen LogP contribution in [-0.4, -0.2) is 23.0 Å². The van der Waals surface area contributed by atoms with Gasteiger partial charge in [-0.2, -0.15) is 5.26 Å². The molecule has 1 amide bonds. The van der Waals surface area contributed by atoms with Crippen LogP contribution in [0.4, 0.5) is 15.8 Å². The summed E-state index contributed by atoms with van der Waals surface area (Å²) in [6, 6.07) is 11.3. The van der Waals surface area contributed by atoms with Crippen LogP contribution < -0.4 is 14.5 Å². The molecule has 0 aromatic heterocycles. The maximum atomic E-state index is 14.6. The molecule has 2 aromatic rings. The van der Waals surface area contributed by atoms with E-state index >= 15 is 0 Å². The fourth-order valence-corrected chi connectivity index (χ4v) is 4.22. The van der Waals surface area contributed by atoms with E-state index in [-0.39, 0.29) is 22.8 Å². The molecule has 3 rings (SSSR count). The highest BCUT2D eigenvalue weighted by Gasteiger charge is 2.51. The normalized spacial score (nSPS) is 18.3. The lowest BCUT2D eigenvalue weighted by molar-refractivity contribution is -0.120. The topological polar surface area (TPSA) is 56.6 Å². The molecule has 0 spiro atoms. The number of ether oxygens (including phenoxy) is 1. The van der Waals surface area contributed by atoms with Gasteiger partial charge >= 0.3 is 0 Å². The van der Waals surface area contributed by atoms with Crippen LogP contribution in [0.3, 0.4) is 0 Å². The first-order chi connectivity index (χ1) is 13.6. The second kappa shape index (κ2) is 7.77. The maximum absolute atomic E-state index is 14.6. The van der Waals surface area contributed by atoms with Crippen molar-refractivity contribution < 1.29 is 13.9 Å². The van der Waals surface area contributed by atoms with Gasteiger partial charge in [0.2, 0.25) is 0 Å². The monoisotopic (exact) mass is 433 g/mol. The first kappa shape index (κ1) is 21.3. The Kier molecular flexibility index (Phi) is 5.70. The van der Waals surface area contributed by atoms with Crippen molar-refractivity contribution in [1.29, 1.82) is 5.26 Å². The van der Waals surface area contributed by atoms with Crippen LogP contribution in [0.15, 0.2) is 36.4 Å². The summed E-state index contributed by atoms with van der Waals surface area (Å²) in [7, 11) is 0. The second-order valence-electron chi connectivity index (χ2n) is 7.51. The lowest BCUT2D eigenvalue weighted by Crippen LogP contribution is -2.45. The molecule has 0 bridgehead atoms. The van der Waals surface area contributed by atoms with Gasteiger partial charge in [-0.1, -0.05) is 11.6 Å². The highest BCUT2D eigenvalue weighted by Crippen LogP contribution is 2.41. The third-order valence-electron chi connectivity index (χ3n) is 4.71. The number of anilines is 2. The SMILES string of the molecule is CC(C)Oc1ccc(N2C(S)N(c3ccc(C#N)c(Cl)c3)C(=O)C2(C)C)cc1F. The van der Waals surface area contributed by atoms with Crippen LogP contribution in [0.5, 0.6) is 5.75 Å². The number of amides is 1. The first-order valence-corrected chi connectivity index (χ1v) is 9.94. The summed E-state index contributed by atoms with van der Waals surface area (Å²) in [5.74, 6) is -0.584. The molecule has 1 heterocycles. The van der Waals surface area contributed by atoms with Crippen LogP contribution in [0.2, 0.25) is 5.02 Å². The predicted octanol–water partition coefficient (Wildman–Crippen LogP) is 4.98. The van der Waals surface area contributed by atoms with Crippen molar-refractivity contribution in [3.63, 3.8) is 0 Å². The van der Waals surface area contributed by atoms with Crippen molar-refractivity contribution in [1.82, 2.24) is 0 Å². The van der Waals surface area contributed by atoms with Crippen LogP contribution in [0, 0.1) is 17.1 Å². The van der Waals surface area contributed by atoms with E-state index in [9.17, 15) is 9.18 Å². The van der Waals surface area contributed by atoms with E-state index in [1.54, 1.807) is 49.1 Å². The average molecular weight is 434 g/mol. The second-order valence-corrected chi connectivity index (χ2v) is 8.38. The molecular weight excluding hydrogens is 413 g/mol. The lowest BCUT2D eigenvalue weighted by atomic mass is 10.0. The van der Waals surface area contributed by atoms with E-state index in [1.165, 1.54) is 11.0 Å². The number of carbonyl (C=O) groups excluding carboxylic acids is 1. The molecule has 29 heavy (non-hydrogen) atoms. The van der Waals surface area contributed by atoms with Gasteiger partial charge in [-0.15, -0.1) is 12.6 Å². The standard InChI is InChI=1S/C21H21ClFN3O2S/c1-12(2)28-18-8-7-15(10-17(18)23)26-20(29)25(19(27)21(26,3)4)14-6-5-13(11-24)16(22)9-14/h5-10,12,20,29H,1-4H3. The number of halogens is 2. The quantitative estimate of drug-likeness (QED) is 0.690. The Labute approximate surface area is 180 Å². The summed E-state index contributed by atoms with van der Waals surface area (Å²) in [6.07, 6.45) is -0.158. The maximum Gasteiger partial charge on any atom is 0.254 e. The molecular formula is C21H21ClFN3O2S. The van der Waals surface area contributed by atoms with Gasteiger partial charge in [-0.25, -0.2) is 4.39 Å². The predicted molar refractivity (Wildman–Crippen MR) is 115 cm³/mol. The van der Waals surface area contributed by atoms with Gasteiger partial charge in [0.05, 0.1) is 16.7 Å². The van der Waals surface area contributed by atoms with Crippen molar-refractivity contribution in [2.24, 2.45) is 0 Å². The molecule has 1 unspecified atom stereocenters. The van der Waals surface area contributed by atoms with Gasteiger partial charge in [0, 0.05) is 17.4 Å². The van der Waals surface area contributed by atoms with Gasteiger partial charge in [0.15, 0.2) is 17.1 Å². The average Bonchev–Trinajstić information content (AvgIpc) is 2.81. The molecule has 8 heteroatoms. The molecule has 0 saturated carbocycles. The van der Waals surface area contributed by atoms with Crippen LogP contribution in [0.1, 0.15) is 33.3 Å². The third-order valence-corrected chi connectivity index (χ3v) is 5.49. The lowest BCUT2D eigenvalue weighted by Gasteiger charge is -2.33. The number of carbonyl (C=O) groups is 1. The third kappa shape index (κ3) is 3.75. The Morgan fingerprint density at radius 1 is 1.24 bits per heavy atom. The molecule has 1 atom stereocenters. The van der Waals surface area contributed by atoms with Crippen LogP contribution >= 0.6 is 24.2 Å². The summed E-state index contributed by atoms with van der Waals surface area (Å²) in [4.78, 5) is 16.4. The first-order valence-electron chi connectivity index (χ1n) is 9.05. The summed E-state index contributed by atoms with van der Waals surface area (Å²) in [5.41, 5.74) is -0.358. The zero-order chi connectivity index (χ0) is 21.5. The van der Waals surface area contributed by atoms with Gasteiger partial charge in [0.1, 0.15) is 11.6 Å². The molecule has 152 valence electrons. The van der Waals surface area contributed by atoms with Gasteiger partial charge < -0.3 is 9.64 Å². The minimum atomic E-state index is -0.986. The number of hydrogen-bond acceptors (Lipinski definition) is 5. The van der Waals surface area contributed by atoms with Crippen molar-refractivity contribution in [2.45, 2.75) is 44.8 Å². The van der Waals surface area contributed by atoms with Crippen molar-refractivity contribution >= 4 is 41.5 Å². The van der Waals surface area contributed by atoms with E-state index < -0.39 is 16.9 Å². The molecule has 0 aliphatic carbocycles. The number of nitriles is 1. The molecule has 1 saturated heterocycles. The van der Waals surface area contributed by atoms with E-state index in [1.807, 2.05) is 19.9 Å². The van der Waals surface area contributed by atoms with Crippen molar-refractivity contribution in [3.05, 3.63) is 52.8 Å². The summed E-state index contributed by atoms with van der Waals surface area (Å²) in [5, 5.41) is 9.32. The molecule has 5 nitrogen and oxygen atoms in total. The molecule has 1 aliphatic rings. The largest absolute Gasteiger partial charge is 0.488 e. The molecule has 0 N–H and O–H groups in total. The number of rotatable bonds is 4.